The molecule has 5 nitrogen and oxygen atoms in total. The topological polar surface area (TPSA) is 52.8 Å². The molecule has 0 fully saturated rings. The molecule has 0 saturated carbocycles. The molecule has 6 heteroatoms. The molecule has 0 aliphatic carbocycles. The number of rotatable bonds is 2. The lowest BCUT2D eigenvalue weighted by molar-refractivity contribution is 0.400. The van der Waals surface area contributed by atoms with Gasteiger partial charge >= 0.3 is 0 Å². The van der Waals surface area contributed by atoms with Gasteiger partial charge in [-0.3, -0.25) is 0 Å². The normalized spacial score (nSPS) is 10.8. The zero-order valence-corrected chi connectivity index (χ0v) is 8.62. The van der Waals surface area contributed by atoms with Crippen molar-refractivity contribution in [2.24, 2.45) is 0 Å². The summed E-state index contributed by atoms with van der Waals surface area (Å²) in [4.78, 5) is 12.1. The first-order valence-electron chi connectivity index (χ1n) is 4.18. The standard InChI is InChI=1S/C8H9ClN4O/c1-3-13-4-10-6-5(13)7(14-2)12-8(9)11-6/h4H,3H2,1-2H3. The van der Waals surface area contributed by atoms with E-state index in [2.05, 4.69) is 15.0 Å². The van der Waals surface area contributed by atoms with Crippen LogP contribution in [-0.2, 0) is 6.54 Å². The van der Waals surface area contributed by atoms with Crippen LogP contribution in [0.5, 0.6) is 5.88 Å². The van der Waals surface area contributed by atoms with Crippen LogP contribution in [0.2, 0.25) is 5.28 Å². The van der Waals surface area contributed by atoms with Crippen molar-refractivity contribution in [3.63, 3.8) is 0 Å². The Balaban J connectivity index is 2.78. The van der Waals surface area contributed by atoms with E-state index in [4.69, 9.17) is 16.3 Å². The predicted molar refractivity (Wildman–Crippen MR) is 52.6 cm³/mol. The van der Waals surface area contributed by atoms with Gasteiger partial charge in [0, 0.05) is 6.54 Å². The van der Waals surface area contributed by atoms with Gasteiger partial charge in [-0.1, -0.05) is 0 Å². The highest BCUT2D eigenvalue weighted by atomic mass is 35.5. The minimum atomic E-state index is 0.149. The number of hydrogen-bond acceptors (Lipinski definition) is 4. The van der Waals surface area contributed by atoms with Crippen molar-refractivity contribution in [2.45, 2.75) is 13.5 Å². The Morgan fingerprint density at radius 3 is 2.93 bits per heavy atom. The third-order valence-electron chi connectivity index (χ3n) is 1.95. The Bertz CT molecular complexity index is 468. The lowest BCUT2D eigenvalue weighted by atomic mass is 10.5. The Hall–Kier alpha value is -1.36. The van der Waals surface area contributed by atoms with Gasteiger partial charge in [0.1, 0.15) is 0 Å². The fourth-order valence-corrected chi connectivity index (χ4v) is 1.46. The molecule has 74 valence electrons. The molecule has 0 atom stereocenters. The number of ether oxygens (including phenoxy) is 1. The molecule has 0 amide bonds. The summed E-state index contributed by atoms with van der Waals surface area (Å²) in [7, 11) is 1.55. The molecule has 0 radical (unpaired) electrons. The van der Waals surface area contributed by atoms with Crippen LogP contribution in [0.1, 0.15) is 6.92 Å². The summed E-state index contributed by atoms with van der Waals surface area (Å²) in [6.45, 7) is 2.80. The highest BCUT2D eigenvalue weighted by molar-refractivity contribution is 6.28. The van der Waals surface area contributed by atoms with Crippen LogP contribution in [0.4, 0.5) is 0 Å². The van der Waals surface area contributed by atoms with Crippen LogP contribution in [-0.4, -0.2) is 26.6 Å². The number of imidazole rings is 1. The maximum atomic E-state index is 5.70. The number of methoxy groups -OCH3 is 1. The summed E-state index contributed by atoms with van der Waals surface area (Å²) < 4.78 is 7.02. The van der Waals surface area contributed by atoms with Crippen LogP contribution in [0.15, 0.2) is 6.33 Å². The van der Waals surface area contributed by atoms with Crippen LogP contribution in [0, 0.1) is 0 Å². The third kappa shape index (κ3) is 1.29. The van der Waals surface area contributed by atoms with E-state index < -0.39 is 0 Å². The van der Waals surface area contributed by atoms with Gasteiger partial charge in [0.25, 0.3) is 0 Å². The maximum absolute atomic E-state index is 5.70. The number of nitrogens with zero attached hydrogens (tertiary/aromatic N) is 4. The maximum Gasteiger partial charge on any atom is 0.244 e. The van der Waals surface area contributed by atoms with Gasteiger partial charge in [-0.15, -0.1) is 0 Å². The Morgan fingerprint density at radius 1 is 1.50 bits per heavy atom. The quantitative estimate of drug-likeness (QED) is 0.708. The summed E-state index contributed by atoms with van der Waals surface area (Å²) in [6.07, 6.45) is 1.69. The van der Waals surface area contributed by atoms with Crippen molar-refractivity contribution in [3.8, 4) is 5.88 Å². The van der Waals surface area contributed by atoms with E-state index in [0.29, 0.717) is 11.5 Å². The second-order valence-corrected chi connectivity index (χ2v) is 3.04. The van der Waals surface area contributed by atoms with Gasteiger partial charge in [-0.25, -0.2) is 4.98 Å². The molecule has 0 saturated heterocycles. The third-order valence-corrected chi connectivity index (χ3v) is 2.12. The smallest absolute Gasteiger partial charge is 0.244 e. The van der Waals surface area contributed by atoms with E-state index in [1.165, 1.54) is 0 Å². The highest BCUT2D eigenvalue weighted by Gasteiger charge is 2.11. The molecular formula is C8H9ClN4O. The number of hydrogen-bond donors (Lipinski definition) is 0. The van der Waals surface area contributed by atoms with E-state index in [0.717, 1.165) is 12.1 Å². The monoisotopic (exact) mass is 212 g/mol. The summed E-state index contributed by atoms with van der Waals surface area (Å²) in [5.41, 5.74) is 1.34. The second kappa shape index (κ2) is 3.42. The summed E-state index contributed by atoms with van der Waals surface area (Å²) in [6, 6.07) is 0. The van der Waals surface area contributed by atoms with E-state index in [1.807, 2.05) is 11.5 Å². The molecule has 2 heterocycles. The van der Waals surface area contributed by atoms with Gasteiger partial charge in [0.15, 0.2) is 11.2 Å². The summed E-state index contributed by atoms with van der Waals surface area (Å²) >= 11 is 5.70. The molecule has 0 aromatic carbocycles. The molecule has 0 aliphatic heterocycles. The first-order valence-corrected chi connectivity index (χ1v) is 4.56. The predicted octanol–water partition coefficient (Wildman–Crippen LogP) is 1.51. The first-order chi connectivity index (χ1) is 6.76. The fraction of sp³-hybridized carbons (Fsp3) is 0.375. The van der Waals surface area contributed by atoms with E-state index >= 15 is 0 Å². The molecule has 2 aromatic heterocycles. The van der Waals surface area contributed by atoms with Gasteiger partial charge < -0.3 is 9.30 Å². The summed E-state index contributed by atoms with van der Waals surface area (Å²) in [5, 5.41) is 0.149. The SMILES string of the molecule is CCn1cnc2nc(Cl)nc(OC)c21. The van der Waals surface area contributed by atoms with Crippen molar-refractivity contribution in [3.05, 3.63) is 11.6 Å². The van der Waals surface area contributed by atoms with Crippen molar-refractivity contribution in [1.29, 1.82) is 0 Å². The minimum absolute atomic E-state index is 0.149. The molecule has 2 aromatic rings. The van der Waals surface area contributed by atoms with Crippen molar-refractivity contribution < 1.29 is 4.74 Å². The van der Waals surface area contributed by atoms with Crippen LogP contribution >= 0.6 is 11.6 Å². The zero-order valence-electron chi connectivity index (χ0n) is 7.86. The largest absolute Gasteiger partial charge is 0.479 e. The average molecular weight is 213 g/mol. The molecule has 2 rings (SSSR count). The van der Waals surface area contributed by atoms with Gasteiger partial charge in [-0.2, -0.15) is 9.97 Å². The molecular weight excluding hydrogens is 204 g/mol. The lowest BCUT2D eigenvalue weighted by Crippen LogP contribution is -1.97. The van der Waals surface area contributed by atoms with Crippen LogP contribution < -0.4 is 4.74 Å². The lowest BCUT2D eigenvalue weighted by Gasteiger charge is -2.03. The van der Waals surface area contributed by atoms with Gasteiger partial charge in [0.05, 0.1) is 13.4 Å². The van der Waals surface area contributed by atoms with Crippen molar-refractivity contribution in [1.82, 2.24) is 19.5 Å². The molecule has 0 aliphatic rings. The number of aryl methyl sites for hydroxylation is 1. The number of halogens is 1. The first kappa shape index (κ1) is 9.21. The van der Waals surface area contributed by atoms with Crippen LogP contribution in [0.25, 0.3) is 11.2 Å². The molecule has 0 unspecified atom stereocenters. The van der Waals surface area contributed by atoms with Crippen LogP contribution in [0.3, 0.4) is 0 Å². The molecule has 0 bridgehead atoms. The van der Waals surface area contributed by atoms with Gasteiger partial charge in [-0.05, 0) is 18.5 Å². The molecule has 14 heavy (non-hydrogen) atoms. The van der Waals surface area contributed by atoms with Crippen molar-refractivity contribution >= 4 is 22.8 Å². The number of fused-ring (bicyclic) bond motifs is 1. The average Bonchev–Trinajstić information content (AvgIpc) is 2.59. The fourth-order valence-electron chi connectivity index (χ4n) is 1.30. The Morgan fingerprint density at radius 2 is 2.29 bits per heavy atom. The Labute approximate surface area is 85.7 Å². The van der Waals surface area contributed by atoms with Crippen molar-refractivity contribution in [2.75, 3.05) is 7.11 Å². The van der Waals surface area contributed by atoms with E-state index in [-0.39, 0.29) is 5.28 Å². The van der Waals surface area contributed by atoms with Gasteiger partial charge in [0.2, 0.25) is 11.2 Å². The number of aromatic nitrogens is 4. The highest BCUT2D eigenvalue weighted by Crippen LogP contribution is 2.22. The molecule has 0 spiro atoms. The second-order valence-electron chi connectivity index (χ2n) is 2.70. The zero-order chi connectivity index (χ0) is 10.1. The van der Waals surface area contributed by atoms with E-state index in [9.17, 15) is 0 Å². The Kier molecular flexibility index (Phi) is 2.25. The minimum Gasteiger partial charge on any atom is -0.479 e. The summed E-state index contributed by atoms with van der Waals surface area (Å²) in [5.74, 6) is 0.458. The van der Waals surface area contributed by atoms with E-state index in [1.54, 1.807) is 13.4 Å². The molecule has 0 N–H and O–H groups in total.